The zero-order valence-corrected chi connectivity index (χ0v) is 12.2. The van der Waals surface area contributed by atoms with Crippen molar-refractivity contribution in [3.63, 3.8) is 0 Å². The molecule has 0 aliphatic rings. The van der Waals surface area contributed by atoms with Crippen molar-refractivity contribution in [2.75, 3.05) is 6.54 Å². The van der Waals surface area contributed by atoms with E-state index in [2.05, 4.69) is 10.2 Å². The maximum Gasteiger partial charge on any atom is 0.344 e. The highest BCUT2D eigenvalue weighted by atomic mass is 32.2. The monoisotopic (exact) mass is 296 g/mol. The van der Waals surface area contributed by atoms with Gasteiger partial charge in [-0.2, -0.15) is 0 Å². The van der Waals surface area contributed by atoms with E-state index in [4.69, 9.17) is 5.73 Å². The van der Waals surface area contributed by atoms with E-state index in [9.17, 15) is 9.18 Å². The Hall–Kier alpha value is -1.60. The summed E-state index contributed by atoms with van der Waals surface area (Å²) in [5.74, 6) is -0.327. The molecule has 2 rings (SSSR count). The highest BCUT2D eigenvalue weighted by Crippen LogP contribution is 2.32. The van der Waals surface area contributed by atoms with Crippen molar-refractivity contribution in [3.05, 3.63) is 40.1 Å². The van der Waals surface area contributed by atoms with E-state index >= 15 is 0 Å². The molecule has 0 amide bonds. The molecule has 108 valence electrons. The Morgan fingerprint density at radius 3 is 2.90 bits per heavy atom. The average molecular weight is 296 g/mol. The van der Waals surface area contributed by atoms with Crippen LogP contribution in [0.3, 0.4) is 0 Å². The first kappa shape index (κ1) is 14.8. The molecule has 0 bridgehead atoms. The summed E-state index contributed by atoms with van der Waals surface area (Å²) in [7, 11) is 0. The Morgan fingerprint density at radius 2 is 2.25 bits per heavy atom. The third-order valence-electron chi connectivity index (χ3n) is 2.84. The number of nitrogens with two attached hydrogens (primary N) is 1. The SMILES string of the molecule is CC(C)n1c(Sc2c(F)cccc2CCN)n[nH]c1=O. The van der Waals surface area contributed by atoms with Gasteiger partial charge in [0, 0.05) is 6.04 Å². The first-order valence-electron chi connectivity index (χ1n) is 6.36. The van der Waals surface area contributed by atoms with E-state index in [1.807, 2.05) is 19.9 Å². The topological polar surface area (TPSA) is 76.7 Å². The molecule has 0 unspecified atom stereocenters. The molecule has 0 aliphatic carbocycles. The lowest BCUT2D eigenvalue weighted by Gasteiger charge is -2.11. The van der Waals surface area contributed by atoms with Crippen LogP contribution < -0.4 is 11.4 Å². The van der Waals surface area contributed by atoms with Crippen molar-refractivity contribution in [3.8, 4) is 0 Å². The molecule has 0 atom stereocenters. The molecular formula is C13H17FN4OS. The predicted octanol–water partition coefficient (Wildman–Crippen LogP) is 1.94. The summed E-state index contributed by atoms with van der Waals surface area (Å²) in [4.78, 5) is 12.2. The fourth-order valence-corrected chi connectivity index (χ4v) is 3.06. The van der Waals surface area contributed by atoms with Crippen LogP contribution in [0.15, 0.2) is 33.0 Å². The molecule has 1 heterocycles. The number of aromatic amines is 1. The van der Waals surface area contributed by atoms with Gasteiger partial charge in [-0.25, -0.2) is 14.3 Å². The lowest BCUT2D eigenvalue weighted by atomic mass is 10.1. The molecule has 0 spiro atoms. The van der Waals surface area contributed by atoms with Crippen LogP contribution in [0.4, 0.5) is 4.39 Å². The number of nitrogens with zero attached hydrogens (tertiary/aromatic N) is 2. The molecular weight excluding hydrogens is 279 g/mol. The summed E-state index contributed by atoms with van der Waals surface area (Å²) in [5.41, 5.74) is 6.08. The van der Waals surface area contributed by atoms with Crippen LogP contribution in [0, 0.1) is 5.82 Å². The average Bonchev–Trinajstić information content (AvgIpc) is 2.75. The Balaban J connectivity index is 2.42. The fourth-order valence-electron chi connectivity index (χ4n) is 1.93. The molecule has 0 saturated carbocycles. The number of hydrogen-bond donors (Lipinski definition) is 2. The Morgan fingerprint density at radius 1 is 1.50 bits per heavy atom. The van der Waals surface area contributed by atoms with Gasteiger partial charge >= 0.3 is 5.69 Å². The highest BCUT2D eigenvalue weighted by molar-refractivity contribution is 7.99. The molecule has 5 nitrogen and oxygen atoms in total. The lowest BCUT2D eigenvalue weighted by molar-refractivity contribution is 0.533. The van der Waals surface area contributed by atoms with Crippen LogP contribution >= 0.6 is 11.8 Å². The Kier molecular flexibility index (Phi) is 4.61. The zero-order chi connectivity index (χ0) is 14.7. The minimum atomic E-state index is -0.327. The second-order valence-electron chi connectivity index (χ2n) is 4.64. The van der Waals surface area contributed by atoms with Crippen molar-refractivity contribution < 1.29 is 4.39 Å². The van der Waals surface area contributed by atoms with Crippen LogP contribution in [0.25, 0.3) is 0 Å². The van der Waals surface area contributed by atoms with Gasteiger partial charge in [0.05, 0.1) is 4.90 Å². The number of halogens is 1. The van der Waals surface area contributed by atoms with Gasteiger partial charge in [-0.05, 0) is 50.2 Å². The number of hydrogen-bond acceptors (Lipinski definition) is 4. The molecule has 0 fully saturated rings. The standard InChI is InChI=1S/C13H17FN4OS/c1-8(2)18-12(19)16-17-13(18)20-11-9(6-7-15)4-3-5-10(11)14/h3-5,8H,6-7,15H2,1-2H3,(H,16,19). The minimum absolute atomic E-state index is 0.0477. The largest absolute Gasteiger partial charge is 0.344 e. The number of rotatable bonds is 5. The summed E-state index contributed by atoms with van der Waals surface area (Å²) >= 11 is 1.15. The van der Waals surface area contributed by atoms with E-state index in [-0.39, 0.29) is 17.5 Å². The van der Waals surface area contributed by atoms with Crippen molar-refractivity contribution >= 4 is 11.8 Å². The third kappa shape index (κ3) is 2.94. The third-order valence-corrected chi connectivity index (χ3v) is 3.98. The Labute approximate surface area is 120 Å². The van der Waals surface area contributed by atoms with Gasteiger partial charge in [-0.15, -0.1) is 5.10 Å². The van der Waals surface area contributed by atoms with Crippen molar-refractivity contribution in [1.29, 1.82) is 0 Å². The molecule has 0 aliphatic heterocycles. The highest BCUT2D eigenvalue weighted by Gasteiger charge is 2.16. The normalized spacial score (nSPS) is 11.2. The molecule has 1 aromatic carbocycles. The number of aromatic nitrogens is 3. The van der Waals surface area contributed by atoms with E-state index in [1.165, 1.54) is 10.6 Å². The van der Waals surface area contributed by atoms with Crippen LogP contribution in [0.2, 0.25) is 0 Å². The summed E-state index contributed by atoms with van der Waals surface area (Å²) in [6.45, 7) is 4.20. The predicted molar refractivity (Wildman–Crippen MR) is 76.5 cm³/mol. The van der Waals surface area contributed by atoms with Gasteiger partial charge in [0.15, 0.2) is 5.16 Å². The van der Waals surface area contributed by atoms with Gasteiger partial charge in [0.2, 0.25) is 0 Å². The molecule has 0 radical (unpaired) electrons. The van der Waals surface area contributed by atoms with Crippen molar-refractivity contribution in [1.82, 2.24) is 14.8 Å². The molecule has 0 saturated heterocycles. The lowest BCUT2D eigenvalue weighted by Crippen LogP contribution is -2.19. The summed E-state index contributed by atoms with van der Waals surface area (Å²) in [6.07, 6.45) is 0.580. The number of benzene rings is 1. The van der Waals surface area contributed by atoms with Crippen LogP contribution in [0.1, 0.15) is 25.5 Å². The van der Waals surface area contributed by atoms with Gasteiger partial charge in [0.1, 0.15) is 5.82 Å². The van der Waals surface area contributed by atoms with Gasteiger partial charge in [0.25, 0.3) is 0 Å². The van der Waals surface area contributed by atoms with E-state index in [0.717, 1.165) is 17.3 Å². The van der Waals surface area contributed by atoms with E-state index < -0.39 is 0 Å². The minimum Gasteiger partial charge on any atom is -0.330 e. The molecule has 2 aromatic rings. The first-order valence-corrected chi connectivity index (χ1v) is 7.18. The quantitative estimate of drug-likeness (QED) is 0.884. The van der Waals surface area contributed by atoms with Gasteiger partial charge < -0.3 is 5.73 Å². The van der Waals surface area contributed by atoms with Gasteiger partial charge in [-0.1, -0.05) is 12.1 Å². The Bertz CT molecular complexity index is 650. The van der Waals surface area contributed by atoms with Crippen LogP contribution in [-0.2, 0) is 6.42 Å². The first-order chi connectivity index (χ1) is 9.54. The smallest absolute Gasteiger partial charge is 0.330 e. The van der Waals surface area contributed by atoms with Crippen molar-refractivity contribution in [2.45, 2.75) is 36.4 Å². The summed E-state index contributed by atoms with van der Waals surface area (Å²) < 4.78 is 15.5. The summed E-state index contributed by atoms with van der Waals surface area (Å²) in [6, 6.07) is 4.84. The number of H-pyrrole nitrogens is 1. The van der Waals surface area contributed by atoms with E-state index in [0.29, 0.717) is 23.0 Å². The molecule has 1 aromatic heterocycles. The molecule has 7 heteroatoms. The molecule has 3 N–H and O–H groups in total. The zero-order valence-electron chi connectivity index (χ0n) is 11.4. The summed E-state index contributed by atoms with van der Waals surface area (Å²) in [5, 5.41) is 6.82. The second kappa shape index (κ2) is 6.23. The maximum absolute atomic E-state index is 14.0. The van der Waals surface area contributed by atoms with Crippen molar-refractivity contribution in [2.24, 2.45) is 5.73 Å². The van der Waals surface area contributed by atoms with Gasteiger partial charge in [-0.3, -0.25) is 4.57 Å². The number of nitrogens with one attached hydrogen (secondary N) is 1. The second-order valence-corrected chi connectivity index (χ2v) is 5.62. The fraction of sp³-hybridized carbons (Fsp3) is 0.385. The van der Waals surface area contributed by atoms with Crippen LogP contribution in [-0.4, -0.2) is 21.3 Å². The molecule has 20 heavy (non-hydrogen) atoms. The van der Waals surface area contributed by atoms with E-state index in [1.54, 1.807) is 6.07 Å². The van der Waals surface area contributed by atoms with Crippen LogP contribution in [0.5, 0.6) is 0 Å². The maximum atomic E-state index is 14.0.